The van der Waals surface area contributed by atoms with E-state index in [1.807, 2.05) is 18.2 Å². The predicted octanol–water partition coefficient (Wildman–Crippen LogP) is 1.53. The highest BCUT2D eigenvalue weighted by Gasteiger charge is 2.20. The first kappa shape index (κ1) is 26.6. The molecule has 2 N–H and O–H groups in total. The van der Waals surface area contributed by atoms with Crippen LogP contribution in [0.25, 0.3) is 10.9 Å². The number of amides is 1. The first-order valence-corrected chi connectivity index (χ1v) is 12.5. The van der Waals surface area contributed by atoms with Gasteiger partial charge in [0.05, 0.1) is 11.7 Å². The SMILES string of the molecule is CNC(=O)COc1cc2cc(Nc3nc(N4CCN(CCN(C)C)CC4)ncc3Cl)ccc2n(C)c1=O. The summed E-state index contributed by atoms with van der Waals surface area (Å²) in [6, 6.07) is 7.21. The normalized spacial score (nSPS) is 14.3. The molecule has 1 amide bonds. The van der Waals surface area contributed by atoms with Gasteiger partial charge in [-0.05, 0) is 38.4 Å². The number of benzene rings is 1. The molecule has 0 saturated carbocycles. The van der Waals surface area contributed by atoms with Crippen molar-refractivity contribution in [1.82, 2.24) is 29.7 Å². The Morgan fingerprint density at radius 1 is 1.19 bits per heavy atom. The van der Waals surface area contributed by atoms with Crippen molar-refractivity contribution in [3.8, 4) is 5.75 Å². The monoisotopic (exact) mass is 528 g/mol. The summed E-state index contributed by atoms with van der Waals surface area (Å²) in [6.07, 6.45) is 1.61. The molecule has 1 aliphatic rings. The van der Waals surface area contributed by atoms with Gasteiger partial charge in [-0.15, -0.1) is 0 Å². The van der Waals surface area contributed by atoms with Crippen molar-refractivity contribution in [2.45, 2.75) is 0 Å². The van der Waals surface area contributed by atoms with Gasteiger partial charge in [0.15, 0.2) is 18.2 Å². The topological polar surface area (TPSA) is 108 Å². The molecule has 1 aliphatic heterocycles. The Morgan fingerprint density at radius 3 is 2.65 bits per heavy atom. The third-order valence-corrected chi connectivity index (χ3v) is 6.62. The van der Waals surface area contributed by atoms with Gasteiger partial charge in [-0.1, -0.05) is 11.6 Å². The molecule has 0 aliphatic carbocycles. The van der Waals surface area contributed by atoms with Crippen molar-refractivity contribution in [2.75, 3.05) is 77.2 Å². The van der Waals surface area contributed by atoms with Gasteiger partial charge < -0.3 is 29.7 Å². The van der Waals surface area contributed by atoms with Crippen LogP contribution in [0, 0.1) is 0 Å². The van der Waals surface area contributed by atoms with Crippen molar-refractivity contribution >= 4 is 45.9 Å². The summed E-state index contributed by atoms with van der Waals surface area (Å²) in [4.78, 5) is 40.1. The first-order valence-electron chi connectivity index (χ1n) is 12.1. The van der Waals surface area contributed by atoms with Crippen LogP contribution < -0.4 is 25.8 Å². The van der Waals surface area contributed by atoms with Crippen LogP contribution in [-0.4, -0.2) is 97.3 Å². The van der Waals surface area contributed by atoms with E-state index >= 15 is 0 Å². The molecule has 12 heteroatoms. The number of halogens is 1. The predicted molar refractivity (Wildman–Crippen MR) is 146 cm³/mol. The number of aromatic nitrogens is 3. The van der Waals surface area contributed by atoms with Gasteiger partial charge in [0, 0.05) is 64.4 Å². The summed E-state index contributed by atoms with van der Waals surface area (Å²) in [5.74, 6) is 0.916. The van der Waals surface area contributed by atoms with Gasteiger partial charge in [-0.3, -0.25) is 14.5 Å². The van der Waals surface area contributed by atoms with Crippen LogP contribution in [0.5, 0.6) is 5.75 Å². The van der Waals surface area contributed by atoms with E-state index in [4.69, 9.17) is 21.3 Å². The second-order valence-corrected chi connectivity index (χ2v) is 9.64. The lowest BCUT2D eigenvalue weighted by atomic mass is 10.2. The number of carbonyl (C=O) groups is 1. The maximum atomic E-state index is 12.6. The van der Waals surface area contributed by atoms with Crippen molar-refractivity contribution in [3.63, 3.8) is 0 Å². The summed E-state index contributed by atoms with van der Waals surface area (Å²) < 4.78 is 6.95. The molecule has 0 spiro atoms. The second-order valence-electron chi connectivity index (χ2n) is 9.23. The minimum atomic E-state index is -0.318. The van der Waals surface area contributed by atoms with Gasteiger partial charge in [0.25, 0.3) is 11.5 Å². The molecule has 0 bridgehead atoms. The van der Waals surface area contributed by atoms with Crippen LogP contribution in [-0.2, 0) is 11.8 Å². The number of hydrogen-bond donors (Lipinski definition) is 2. The van der Waals surface area contributed by atoms with Crippen LogP contribution in [0.1, 0.15) is 0 Å². The third-order valence-electron chi connectivity index (χ3n) is 6.34. The molecule has 4 rings (SSSR count). The quantitative estimate of drug-likeness (QED) is 0.427. The Hall–Kier alpha value is -3.41. The number of carbonyl (C=O) groups excluding carboxylic acids is 1. The Morgan fingerprint density at radius 2 is 1.95 bits per heavy atom. The van der Waals surface area contributed by atoms with Gasteiger partial charge in [0.1, 0.15) is 5.02 Å². The van der Waals surface area contributed by atoms with Crippen LogP contribution in [0.2, 0.25) is 5.02 Å². The highest BCUT2D eigenvalue weighted by molar-refractivity contribution is 6.32. The van der Waals surface area contributed by atoms with E-state index in [2.05, 4.69) is 44.4 Å². The summed E-state index contributed by atoms with van der Waals surface area (Å²) in [6.45, 7) is 5.44. The lowest BCUT2D eigenvalue weighted by molar-refractivity contribution is -0.122. The number of nitrogens with one attached hydrogen (secondary N) is 2. The van der Waals surface area contributed by atoms with E-state index in [0.29, 0.717) is 16.8 Å². The maximum Gasteiger partial charge on any atom is 0.293 e. The van der Waals surface area contributed by atoms with E-state index in [9.17, 15) is 9.59 Å². The fourth-order valence-electron chi connectivity index (χ4n) is 4.10. The minimum Gasteiger partial charge on any atom is -0.478 e. The molecule has 0 atom stereocenters. The molecular formula is C25H33ClN8O3. The average Bonchev–Trinajstić information content (AvgIpc) is 2.90. The fraction of sp³-hybridized carbons (Fsp3) is 0.440. The molecule has 11 nitrogen and oxygen atoms in total. The summed E-state index contributed by atoms with van der Waals surface area (Å²) in [5, 5.41) is 6.92. The van der Waals surface area contributed by atoms with Crippen molar-refractivity contribution in [3.05, 3.63) is 45.8 Å². The molecule has 0 unspecified atom stereocenters. The number of hydrogen-bond acceptors (Lipinski definition) is 9. The number of pyridine rings is 1. The second kappa shape index (κ2) is 11.8. The molecule has 3 heterocycles. The van der Waals surface area contributed by atoms with Crippen LogP contribution >= 0.6 is 11.6 Å². The fourth-order valence-corrected chi connectivity index (χ4v) is 4.24. The highest BCUT2D eigenvalue weighted by Crippen LogP contribution is 2.28. The number of piperazine rings is 1. The van der Waals surface area contributed by atoms with E-state index in [-0.39, 0.29) is 23.8 Å². The zero-order valence-corrected chi connectivity index (χ0v) is 22.4. The van der Waals surface area contributed by atoms with E-state index < -0.39 is 0 Å². The number of anilines is 3. The molecule has 37 heavy (non-hydrogen) atoms. The lowest BCUT2D eigenvalue weighted by Gasteiger charge is -2.35. The Bertz CT molecular complexity index is 1320. The highest BCUT2D eigenvalue weighted by atomic mass is 35.5. The molecular weight excluding hydrogens is 496 g/mol. The maximum absolute atomic E-state index is 12.6. The smallest absolute Gasteiger partial charge is 0.293 e. The molecule has 2 aromatic heterocycles. The van der Waals surface area contributed by atoms with Gasteiger partial charge in [-0.2, -0.15) is 4.98 Å². The number of likely N-dealkylation sites (N-methyl/N-ethyl adjacent to an activating group) is 2. The number of fused-ring (bicyclic) bond motifs is 1. The summed E-state index contributed by atoms with van der Waals surface area (Å²) in [7, 11) is 7.35. The first-order chi connectivity index (χ1) is 17.7. The zero-order valence-electron chi connectivity index (χ0n) is 21.6. The molecule has 1 saturated heterocycles. The summed E-state index contributed by atoms with van der Waals surface area (Å²) in [5.41, 5.74) is 1.15. The van der Waals surface area contributed by atoms with Crippen molar-refractivity contribution < 1.29 is 9.53 Å². The van der Waals surface area contributed by atoms with Gasteiger partial charge in [0.2, 0.25) is 5.95 Å². The van der Waals surface area contributed by atoms with E-state index in [1.54, 1.807) is 19.3 Å². The van der Waals surface area contributed by atoms with Crippen molar-refractivity contribution in [2.24, 2.45) is 7.05 Å². The molecule has 198 valence electrons. The Balaban J connectivity index is 1.51. The zero-order chi connectivity index (χ0) is 26.5. The third kappa shape index (κ3) is 6.48. The minimum absolute atomic E-state index is 0.0998. The number of nitrogens with zero attached hydrogens (tertiary/aromatic N) is 6. The van der Waals surface area contributed by atoms with E-state index in [0.717, 1.165) is 55.9 Å². The standard InChI is InChI=1S/C25H33ClN8O3/c1-27-22(35)16-37-21-14-17-13-18(5-6-20(17)32(4)24(21)36)29-23-19(26)15-28-25(30-23)34-11-9-33(10-12-34)8-7-31(2)3/h5-6,13-15H,7-12,16H2,1-4H3,(H,27,35)(H,28,29,30). The van der Waals surface area contributed by atoms with Gasteiger partial charge >= 0.3 is 0 Å². The number of rotatable bonds is 9. The molecule has 1 aromatic carbocycles. The van der Waals surface area contributed by atoms with E-state index in [1.165, 1.54) is 11.6 Å². The molecule has 0 radical (unpaired) electrons. The van der Waals surface area contributed by atoms with Crippen LogP contribution in [0.3, 0.4) is 0 Å². The van der Waals surface area contributed by atoms with Crippen molar-refractivity contribution in [1.29, 1.82) is 0 Å². The Labute approximate surface area is 221 Å². The van der Waals surface area contributed by atoms with Crippen LogP contribution in [0.15, 0.2) is 35.3 Å². The largest absolute Gasteiger partial charge is 0.478 e. The summed E-state index contributed by atoms with van der Waals surface area (Å²) >= 11 is 6.43. The molecule has 1 fully saturated rings. The molecule has 3 aromatic rings. The average molecular weight is 529 g/mol. The van der Waals surface area contributed by atoms with Gasteiger partial charge in [-0.25, -0.2) is 4.98 Å². The number of aryl methyl sites for hydroxylation is 1. The lowest BCUT2D eigenvalue weighted by Crippen LogP contribution is -2.48. The Kier molecular flexibility index (Phi) is 8.47. The van der Waals surface area contributed by atoms with Crippen LogP contribution in [0.4, 0.5) is 17.5 Å². The number of ether oxygens (including phenoxy) is 1.